The molecule has 1 aromatic heterocycles. The monoisotopic (exact) mass is 354 g/mol. The van der Waals surface area contributed by atoms with E-state index < -0.39 is 11.8 Å². The number of esters is 1. The third-order valence-electron chi connectivity index (χ3n) is 3.43. The predicted molar refractivity (Wildman–Crippen MR) is 91.5 cm³/mol. The van der Waals surface area contributed by atoms with Gasteiger partial charge in [0, 0.05) is 11.6 Å². The van der Waals surface area contributed by atoms with Crippen molar-refractivity contribution in [1.29, 1.82) is 0 Å². The second kappa shape index (κ2) is 8.06. The number of rotatable bonds is 6. The molecule has 26 heavy (non-hydrogen) atoms. The average molecular weight is 354 g/mol. The molecule has 2 aromatic carbocycles. The van der Waals surface area contributed by atoms with Gasteiger partial charge in [0.05, 0.1) is 7.11 Å². The molecular weight excluding hydrogens is 339 g/mol. The number of halogens is 1. The third kappa shape index (κ3) is 4.32. The van der Waals surface area contributed by atoms with Crippen molar-refractivity contribution in [3.8, 4) is 17.1 Å². The summed E-state index contributed by atoms with van der Waals surface area (Å²) in [5.74, 6) is -0.389. The molecule has 0 aliphatic rings. The van der Waals surface area contributed by atoms with Crippen LogP contribution in [-0.4, -0.2) is 23.2 Å². The number of carbonyl (C=O) groups excluding carboxylic acids is 1. The fourth-order valence-corrected chi connectivity index (χ4v) is 2.15. The van der Waals surface area contributed by atoms with Gasteiger partial charge in [-0.25, -0.2) is 9.18 Å². The van der Waals surface area contributed by atoms with Crippen molar-refractivity contribution in [1.82, 2.24) is 10.1 Å². The number of ether oxygens (including phenoxy) is 2. The Morgan fingerprint density at radius 1 is 1.23 bits per heavy atom. The summed E-state index contributed by atoms with van der Waals surface area (Å²) in [6.07, 6.45) is 2.63. The predicted octanol–water partition coefficient (Wildman–Crippen LogP) is 3.64. The molecule has 0 unspecified atom stereocenters. The van der Waals surface area contributed by atoms with Gasteiger partial charge in [-0.1, -0.05) is 41.6 Å². The quantitative estimate of drug-likeness (QED) is 0.497. The molecule has 0 saturated heterocycles. The molecule has 0 N–H and O–H groups in total. The molecule has 0 amide bonds. The van der Waals surface area contributed by atoms with Gasteiger partial charge >= 0.3 is 5.97 Å². The lowest BCUT2D eigenvalue weighted by molar-refractivity contribution is -0.139. The Morgan fingerprint density at radius 2 is 2.04 bits per heavy atom. The van der Waals surface area contributed by atoms with Crippen LogP contribution in [0, 0.1) is 5.82 Å². The van der Waals surface area contributed by atoms with Gasteiger partial charge in [-0.05, 0) is 23.8 Å². The smallest absolute Gasteiger partial charge is 0.331 e. The number of methoxy groups -OCH3 is 1. The van der Waals surface area contributed by atoms with Crippen molar-refractivity contribution in [2.45, 2.75) is 6.61 Å². The highest BCUT2D eigenvalue weighted by Gasteiger charge is 2.10. The van der Waals surface area contributed by atoms with Gasteiger partial charge in [0.1, 0.15) is 0 Å². The normalized spacial score (nSPS) is 10.8. The van der Waals surface area contributed by atoms with Crippen LogP contribution in [-0.2, 0) is 16.1 Å². The maximum Gasteiger partial charge on any atom is 0.331 e. The Labute approximate surface area is 148 Å². The Morgan fingerprint density at radius 3 is 2.77 bits per heavy atom. The zero-order chi connectivity index (χ0) is 18.4. The Kier molecular flexibility index (Phi) is 5.38. The molecule has 6 nitrogen and oxygen atoms in total. The zero-order valence-electron chi connectivity index (χ0n) is 13.9. The number of carbonyl (C=O) groups is 1. The van der Waals surface area contributed by atoms with Crippen molar-refractivity contribution >= 4 is 12.0 Å². The highest BCUT2D eigenvalue weighted by Crippen LogP contribution is 2.18. The molecule has 7 heteroatoms. The topological polar surface area (TPSA) is 74.5 Å². The van der Waals surface area contributed by atoms with Crippen molar-refractivity contribution < 1.29 is 23.2 Å². The van der Waals surface area contributed by atoms with Gasteiger partial charge in [-0.2, -0.15) is 4.98 Å². The Bertz CT molecular complexity index is 922. The maximum atomic E-state index is 13.6. The summed E-state index contributed by atoms with van der Waals surface area (Å²) in [5.41, 5.74) is 1.31. The van der Waals surface area contributed by atoms with Crippen LogP contribution in [0.15, 0.2) is 59.1 Å². The number of hydrogen-bond acceptors (Lipinski definition) is 6. The summed E-state index contributed by atoms with van der Waals surface area (Å²) in [7, 11) is 1.38. The van der Waals surface area contributed by atoms with Crippen molar-refractivity contribution in [2.24, 2.45) is 0 Å². The molecule has 0 aliphatic heterocycles. The molecule has 3 rings (SSSR count). The van der Waals surface area contributed by atoms with Crippen LogP contribution in [0.4, 0.5) is 4.39 Å². The second-order valence-electron chi connectivity index (χ2n) is 5.21. The summed E-state index contributed by atoms with van der Waals surface area (Å²) >= 11 is 0. The first-order valence-electron chi connectivity index (χ1n) is 7.72. The van der Waals surface area contributed by atoms with E-state index in [1.807, 2.05) is 30.3 Å². The highest BCUT2D eigenvalue weighted by molar-refractivity contribution is 5.87. The van der Waals surface area contributed by atoms with Gasteiger partial charge < -0.3 is 14.0 Å². The van der Waals surface area contributed by atoms with Crippen LogP contribution in [0.25, 0.3) is 17.5 Å². The summed E-state index contributed by atoms with van der Waals surface area (Å²) in [6.45, 7) is -0.153. The first kappa shape index (κ1) is 17.3. The van der Waals surface area contributed by atoms with E-state index in [4.69, 9.17) is 14.0 Å². The van der Waals surface area contributed by atoms with Gasteiger partial charge in [0.25, 0.3) is 5.89 Å². The minimum atomic E-state index is -0.610. The molecular formula is C19H15FN2O4. The minimum Gasteiger partial charge on any atom is -0.494 e. The molecule has 0 aliphatic carbocycles. The van der Waals surface area contributed by atoms with Crippen molar-refractivity contribution in [3.63, 3.8) is 0 Å². The van der Waals surface area contributed by atoms with E-state index in [0.717, 1.165) is 5.56 Å². The van der Waals surface area contributed by atoms with Gasteiger partial charge in [0.15, 0.2) is 18.2 Å². The van der Waals surface area contributed by atoms with E-state index in [1.165, 1.54) is 31.4 Å². The number of nitrogens with zero attached hydrogens (tertiary/aromatic N) is 2. The first-order valence-corrected chi connectivity index (χ1v) is 7.72. The van der Waals surface area contributed by atoms with E-state index in [9.17, 15) is 9.18 Å². The largest absolute Gasteiger partial charge is 0.494 e. The number of aromatic nitrogens is 2. The number of benzene rings is 2. The van der Waals surface area contributed by atoms with Gasteiger partial charge in [0.2, 0.25) is 5.82 Å². The van der Waals surface area contributed by atoms with Crippen LogP contribution in [0.1, 0.15) is 11.5 Å². The molecule has 0 fully saturated rings. The van der Waals surface area contributed by atoms with Gasteiger partial charge in [-0.3, -0.25) is 0 Å². The van der Waals surface area contributed by atoms with Crippen LogP contribution in [0.5, 0.6) is 5.75 Å². The Hall–Kier alpha value is -3.48. The summed E-state index contributed by atoms with van der Waals surface area (Å²) in [6, 6.07) is 13.6. The molecule has 0 saturated carbocycles. The molecule has 0 spiro atoms. The SMILES string of the molecule is COc1ccc(/C=C/C(=O)OCc2nc(-c3ccccc3)no2)cc1F. The van der Waals surface area contributed by atoms with E-state index in [-0.39, 0.29) is 18.2 Å². The molecule has 0 bridgehead atoms. The summed E-state index contributed by atoms with van der Waals surface area (Å²) in [4.78, 5) is 15.9. The van der Waals surface area contributed by atoms with Crippen LogP contribution >= 0.6 is 0 Å². The molecule has 0 radical (unpaired) electrons. The lowest BCUT2D eigenvalue weighted by Crippen LogP contribution is -2.01. The average Bonchev–Trinajstić information content (AvgIpc) is 3.14. The van der Waals surface area contributed by atoms with E-state index in [1.54, 1.807) is 6.07 Å². The van der Waals surface area contributed by atoms with Crippen molar-refractivity contribution in [3.05, 3.63) is 71.9 Å². The zero-order valence-corrected chi connectivity index (χ0v) is 13.9. The van der Waals surface area contributed by atoms with E-state index >= 15 is 0 Å². The Balaban J connectivity index is 1.56. The lowest BCUT2D eigenvalue weighted by Gasteiger charge is -2.02. The fourth-order valence-electron chi connectivity index (χ4n) is 2.15. The molecule has 132 valence electrons. The highest BCUT2D eigenvalue weighted by atomic mass is 19.1. The van der Waals surface area contributed by atoms with Crippen molar-refractivity contribution in [2.75, 3.05) is 7.11 Å². The standard InChI is InChI=1S/C19H15FN2O4/c1-24-16-9-7-13(11-15(16)20)8-10-18(23)25-12-17-21-19(22-26-17)14-5-3-2-4-6-14/h2-11H,12H2,1H3/b10-8+. The lowest BCUT2D eigenvalue weighted by atomic mass is 10.2. The summed E-state index contributed by atoms with van der Waals surface area (Å²) in [5, 5.41) is 3.84. The number of hydrogen-bond donors (Lipinski definition) is 0. The van der Waals surface area contributed by atoms with E-state index in [0.29, 0.717) is 11.4 Å². The van der Waals surface area contributed by atoms with Gasteiger partial charge in [-0.15, -0.1) is 0 Å². The molecule has 3 aromatic rings. The second-order valence-corrected chi connectivity index (χ2v) is 5.21. The maximum absolute atomic E-state index is 13.6. The van der Waals surface area contributed by atoms with Crippen LogP contribution in [0.3, 0.4) is 0 Å². The van der Waals surface area contributed by atoms with E-state index in [2.05, 4.69) is 10.1 Å². The summed E-state index contributed by atoms with van der Waals surface area (Å²) < 4.78 is 28.5. The first-order chi connectivity index (χ1) is 12.7. The molecule has 1 heterocycles. The van der Waals surface area contributed by atoms with Crippen LogP contribution < -0.4 is 4.74 Å². The van der Waals surface area contributed by atoms with Crippen LogP contribution in [0.2, 0.25) is 0 Å². The minimum absolute atomic E-state index is 0.135. The molecule has 0 atom stereocenters. The third-order valence-corrected chi connectivity index (χ3v) is 3.43. The fraction of sp³-hybridized carbons (Fsp3) is 0.105.